The van der Waals surface area contributed by atoms with Gasteiger partial charge in [-0.3, -0.25) is 18.6 Å². The highest BCUT2D eigenvalue weighted by Crippen LogP contribution is 2.43. The molecule has 0 spiro atoms. The van der Waals surface area contributed by atoms with Crippen molar-refractivity contribution in [2.45, 2.75) is 277 Å². The van der Waals surface area contributed by atoms with E-state index in [0.717, 1.165) is 83.5 Å². The Hall–Kier alpha value is -1.77. The summed E-state index contributed by atoms with van der Waals surface area (Å²) in [4.78, 5) is 37.5. The molecule has 2 N–H and O–H groups in total. The number of hydrogen-bond donors (Lipinski definition) is 2. The molecular weight excluding hydrogens is 856 g/mol. The summed E-state index contributed by atoms with van der Waals surface area (Å²) in [6, 6.07) is -0.854. The number of carbonyl (C=O) groups excluding carboxylic acids is 2. The maximum Gasteiger partial charge on any atom is 0.472 e. The van der Waals surface area contributed by atoms with Gasteiger partial charge in [0.05, 0.1) is 33.8 Å². The fourth-order valence-corrected chi connectivity index (χ4v) is 8.84. The van der Waals surface area contributed by atoms with Crippen molar-refractivity contribution in [2.75, 3.05) is 40.9 Å². The van der Waals surface area contributed by atoms with Gasteiger partial charge in [-0.25, -0.2) is 4.57 Å². The fraction of sp³-hybridized carbons (Fsp3) is 0.860. The third-order valence-electron chi connectivity index (χ3n) is 12.6. The smallest absolute Gasteiger partial charge is 0.456 e. The van der Waals surface area contributed by atoms with Crippen molar-refractivity contribution >= 4 is 19.7 Å². The van der Waals surface area contributed by atoms with Crippen molar-refractivity contribution in [1.82, 2.24) is 5.32 Å². The zero-order chi connectivity index (χ0) is 49.4. The molecule has 0 aromatic heterocycles. The van der Waals surface area contributed by atoms with E-state index in [-0.39, 0.29) is 31.5 Å². The number of quaternary nitrogens is 1. The van der Waals surface area contributed by atoms with Gasteiger partial charge >= 0.3 is 13.8 Å². The molecule has 10 heteroatoms. The van der Waals surface area contributed by atoms with Gasteiger partial charge < -0.3 is 19.4 Å². The van der Waals surface area contributed by atoms with Gasteiger partial charge in [0.25, 0.3) is 0 Å². The number of ether oxygens (including phenoxy) is 1. The largest absolute Gasteiger partial charge is 0.472 e. The quantitative estimate of drug-likeness (QED) is 0.0205. The van der Waals surface area contributed by atoms with E-state index in [1.54, 1.807) is 0 Å². The number of nitrogens with one attached hydrogen (secondary N) is 1. The molecule has 67 heavy (non-hydrogen) atoms. The molecule has 0 fully saturated rings. The van der Waals surface area contributed by atoms with Crippen molar-refractivity contribution in [1.29, 1.82) is 0 Å². The number of hydrogen-bond acceptors (Lipinski definition) is 6. The number of amides is 1. The Balaban J connectivity index is 5.39. The number of nitrogens with zero attached hydrogens (tertiary/aromatic N) is 1. The third kappa shape index (κ3) is 49.0. The maximum atomic E-state index is 13.5. The molecule has 3 atom stereocenters. The van der Waals surface area contributed by atoms with Crippen LogP contribution < -0.4 is 5.32 Å². The van der Waals surface area contributed by atoms with Crippen molar-refractivity contribution in [3.05, 3.63) is 36.5 Å². The third-order valence-corrected chi connectivity index (χ3v) is 13.5. The number of carbonyl (C=O) groups is 2. The molecule has 394 valence electrons. The number of phosphoric ester groups is 1. The van der Waals surface area contributed by atoms with E-state index in [9.17, 15) is 19.0 Å². The summed E-state index contributed by atoms with van der Waals surface area (Å²) < 4.78 is 30.6. The number of rotatable bonds is 51. The summed E-state index contributed by atoms with van der Waals surface area (Å²) in [5.74, 6) is -0.528. The van der Waals surface area contributed by atoms with Gasteiger partial charge in [-0.05, 0) is 83.1 Å². The summed E-state index contributed by atoms with van der Waals surface area (Å²) in [7, 11) is 1.49. The molecule has 0 aromatic carbocycles. The minimum absolute atomic E-state index is 0.0376. The summed E-state index contributed by atoms with van der Waals surface area (Å²) in [5.41, 5.74) is 0. The van der Waals surface area contributed by atoms with Gasteiger partial charge in [-0.1, -0.05) is 205 Å². The van der Waals surface area contributed by atoms with Crippen LogP contribution >= 0.6 is 7.82 Å². The summed E-state index contributed by atoms with van der Waals surface area (Å²) in [5, 5.41) is 3.04. The van der Waals surface area contributed by atoms with Crippen molar-refractivity contribution in [2.24, 2.45) is 0 Å². The second-order valence-corrected chi connectivity index (χ2v) is 21.9. The average Bonchev–Trinajstić information content (AvgIpc) is 3.28. The molecular formula is C57H110N2O7P+. The minimum Gasteiger partial charge on any atom is -0.456 e. The van der Waals surface area contributed by atoms with Gasteiger partial charge in [0.2, 0.25) is 5.91 Å². The number of phosphoric acid groups is 1. The first-order valence-corrected chi connectivity index (χ1v) is 29.8. The second kappa shape index (κ2) is 47.9. The van der Waals surface area contributed by atoms with Crippen molar-refractivity contribution in [3.63, 3.8) is 0 Å². The number of unbranched alkanes of at least 4 members (excludes halogenated alkanes) is 31. The Kier molecular flexibility index (Phi) is 46.6. The van der Waals surface area contributed by atoms with Crippen LogP contribution in [0.4, 0.5) is 0 Å². The monoisotopic (exact) mass is 966 g/mol. The highest BCUT2D eigenvalue weighted by atomic mass is 31.2. The molecule has 0 saturated heterocycles. The Morgan fingerprint density at radius 2 is 0.866 bits per heavy atom. The topological polar surface area (TPSA) is 111 Å². The molecule has 0 aliphatic rings. The van der Waals surface area contributed by atoms with E-state index in [4.69, 9.17) is 13.8 Å². The fourth-order valence-electron chi connectivity index (χ4n) is 8.11. The Bertz CT molecular complexity index is 1250. The van der Waals surface area contributed by atoms with Crippen LogP contribution in [0.1, 0.15) is 265 Å². The number of esters is 1. The molecule has 3 unspecified atom stereocenters. The number of likely N-dealkylation sites (N-methyl/N-ethyl adjacent to an activating group) is 1. The first-order valence-electron chi connectivity index (χ1n) is 28.3. The lowest BCUT2D eigenvalue weighted by Crippen LogP contribution is -2.47. The Labute approximate surface area is 415 Å². The Morgan fingerprint density at radius 1 is 0.507 bits per heavy atom. The van der Waals surface area contributed by atoms with Crippen LogP contribution in [0.2, 0.25) is 0 Å². The zero-order valence-electron chi connectivity index (χ0n) is 44.9. The molecule has 0 bridgehead atoms. The van der Waals surface area contributed by atoms with E-state index < -0.39 is 20.0 Å². The van der Waals surface area contributed by atoms with Crippen LogP contribution in [-0.4, -0.2) is 74.3 Å². The standard InChI is InChI=1S/C57H109N2O7P/c1-7-10-13-16-19-22-25-28-29-30-32-34-37-40-43-46-49-56(60)58-54(53-65-67(62,63)64-52-51-59(4,5)6)55(48-45-42-39-36-33-27-24-21-18-15-12-9-3)66-57(61)50-47-44-41-38-35-31-26-23-20-17-14-11-8-2/h29-31,35,45,48,54-55H,7-28,32-34,36-44,46-47,49-53H2,1-6H3,(H-,58,60,62,63)/p+1/b30-29+,35-31-,48-45+. The predicted octanol–water partition coefficient (Wildman–Crippen LogP) is 16.8. The predicted molar refractivity (Wildman–Crippen MR) is 286 cm³/mol. The molecule has 1 amide bonds. The molecule has 9 nitrogen and oxygen atoms in total. The zero-order valence-corrected chi connectivity index (χ0v) is 45.8. The van der Waals surface area contributed by atoms with Gasteiger partial charge in [0.15, 0.2) is 0 Å². The normalized spacial score (nSPS) is 14.1. The first-order chi connectivity index (χ1) is 32.4. The van der Waals surface area contributed by atoms with Gasteiger partial charge in [0.1, 0.15) is 19.3 Å². The van der Waals surface area contributed by atoms with E-state index in [2.05, 4.69) is 50.4 Å². The van der Waals surface area contributed by atoms with Gasteiger partial charge in [-0.15, -0.1) is 0 Å². The molecule has 0 radical (unpaired) electrons. The maximum absolute atomic E-state index is 13.5. The lowest BCUT2D eigenvalue weighted by Gasteiger charge is -2.27. The lowest BCUT2D eigenvalue weighted by atomic mass is 10.0. The summed E-state index contributed by atoms with van der Waals surface area (Å²) in [6.07, 6.45) is 55.6. The van der Waals surface area contributed by atoms with E-state index >= 15 is 0 Å². The van der Waals surface area contributed by atoms with Crippen LogP contribution in [0.3, 0.4) is 0 Å². The average molecular weight is 966 g/mol. The lowest BCUT2D eigenvalue weighted by molar-refractivity contribution is -0.870. The van der Waals surface area contributed by atoms with Gasteiger partial charge in [-0.2, -0.15) is 0 Å². The molecule has 0 saturated carbocycles. The SMILES string of the molecule is CCCCCCCC/C=C\CCCCCC(=O)OC(/C=C/CCCCCCCCCCCC)C(COP(=O)(O)OCC[N+](C)(C)C)NC(=O)CCCCCCC/C=C/CCCCCCCCC. The second-order valence-electron chi connectivity index (χ2n) is 20.5. The van der Waals surface area contributed by atoms with E-state index in [1.807, 2.05) is 33.3 Å². The molecule has 0 aliphatic heterocycles. The van der Waals surface area contributed by atoms with Crippen LogP contribution in [0, 0.1) is 0 Å². The highest BCUT2D eigenvalue weighted by Gasteiger charge is 2.30. The van der Waals surface area contributed by atoms with Crippen LogP contribution in [0.15, 0.2) is 36.5 Å². The number of allylic oxidation sites excluding steroid dienone is 5. The van der Waals surface area contributed by atoms with Crippen molar-refractivity contribution < 1.29 is 37.3 Å². The molecule has 0 aromatic rings. The first kappa shape index (κ1) is 65.2. The van der Waals surface area contributed by atoms with Crippen LogP contribution in [-0.2, 0) is 27.9 Å². The van der Waals surface area contributed by atoms with E-state index in [1.165, 1.54) is 141 Å². The molecule has 0 rings (SSSR count). The molecule has 0 aliphatic carbocycles. The summed E-state index contributed by atoms with van der Waals surface area (Å²) in [6.45, 7) is 6.99. The van der Waals surface area contributed by atoms with Crippen LogP contribution in [0.25, 0.3) is 0 Å². The molecule has 0 heterocycles. The van der Waals surface area contributed by atoms with Crippen LogP contribution in [0.5, 0.6) is 0 Å². The minimum atomic E-state index is -4.44. The van der Waals surface area contributed by atoms with Crippen molar-refractivity contribution in [3.8, 4) is 0 Å². The summed E-state index contributed by atoms with van der Waals surface area (Å²) >= 11 is 0. The van der Waals surface area contributed by atoms with Gasteiger partial charge in [0, 0.05) is 12.8 Å². The Morgan fingerprint density at radius 3 is 1.28 bits per heavy atom. The highest BCUT2D eigenvalue weighted by molar-refractivity contribution is 7.47. The van der Waals surface area contributed by atoms with E-state index in [0.29, 0.717) is 23.9 Å².